The van der Waals surface area contributed by atoms with Crippen molar-refractivity contribution in [3.05, 3.63) is 34.9 Å². The van der Waals surface area contributed by atoms with Gasteiger partial charge in [-0.1, -0.05) is 24.6 Å². The largest absolute Gasteiger partial charge is 0.493 e. The van der Waals surface area contributed by atoms with Crippen LogP contribution >= 0.6 is 11.6 Å². The molecule has 0 aromatic heterocycles. The van der Waals surface area contributed by atoms with Crippen LogP contribution in [0.1, 0.15) is 31.7 Å². The molecule has 1 N–H and O–H groups in total. The maximum absolute atomic E-state index is 6.15. The zero-order chi connectivity index (χ0) is 14.4. The van der Waals surface area contributed by atoms with Crippen LogP contribution in [0, 0.1) is 0 Å². The lowest BCUT2D eigenvalue weighted by Gasteiger charge is -2.22. The minimum atomic E-state index is 0.124. The van der Waals surface area contributed by atoms with Crippen LogP contribution in [0.2, 0.25) is 5.02 Å². The fraction of sp³-hybridized carbons (Fsp3) is 0.500. The van der Waals surface area contributed by atoms with Crippen LogP contribution in [0.5, 0.6) is 11.5 Å². The topological polar surface area (TPSA) is 30.5 Å². The summed E-state index contributed by atoms with van der Waals surface area (Å²) in [6.45, 7) is 3.70. The lowest BCUT2D eigenvalue weighted by Crippen LogP contribution is -2.19. The van der Waals surface area contributed by atoms with E-state index in [0.717, 1.165) is 37.2 Å². The zero-order valence-corrected chi connectivity index (χ0v) is 12.9. The van der Waals surface area contributed by atoms with Crippen LogP contribution < -0.4 is 14.8 Å². The third-order valence-electron chi connectivity index (χ3n) is 3.36. The SMILES string of the molecule is CCNCc1cc(Cl)cc(OC)c1OC1C=CCCC1. The second-order valence-corrected chi connectivity index (χ2v) is 5.33. The summed E-state index contributed by atoms with van der Waals surface area (Å²) in [6, 6.07) is 3.74. The highest BCUT2D eigenvalue weighted by Crippen LogP contribution is 2.36. The van der Waals surface area contributed by atoms with E-state index in [9.17, 15) is 0 Å². The summed E-state index contributed by atoms with van der Waals surface area (Å²) >= 11 is 6.15. The number of rotatable bonds is 6. The van der Waals surface area contributed by atoms with Crippen LogP contribution in [0.3, 0.4) is 0 Å². The van der Waals surface area contributed by atoms with Crippen molar-refractivity contribution >= 4 is 11.6 Å². The third kappa shape index (κ3) is 3.90. The molecule has 1 aliphatic rings. The van der Waals surface area contributed by atoms with E-state index < -0.39 is 0 Å². The zero-order valence-electron chi connectivity index (χ0n) is 12.1. The summed E-state index contributed by atoms with van der Waals surface area (Å²) in [6.07, 6.45) is 7.79. The molecule has 1 unspecified atom stereocenters. The average Bonchev–Trinajstić information content (AvgIpc) is 2.48. The molecule has 1 atom stereocenters. The van der Waals surface area contributed by atoms with E-state index in [-0.39, 0.29) is 6.10 Å². The van der Waals surface area contributed by atoms with Gasteiger partial charge in [0.1, 0.15) is 6.10 Å². The predicted molar refractivity (Wildman–Crippen MR) is 82.8 cm³/mol. The normalized spacial score (nSPS) is 18.1. The molecular weight excluding hydrogens is 274 g/mol. The van der Waals surface area contributed by atoms with Gasteiger partial charge in [0.25, 0.3) is 0 Å². The summed E-state index contributed by atoms with van der Waals surface area (Å²) in [5.41, 5.74) is 1.04. The van der Waals surface area contributed by atoms with Crippen molar-refractivity contribution in [2.24, 2.45) is 0 Å². The van der Waals surface area contributed by atoms with Crippen molar-refractivity contribution in [1.29, 1.82) is 0 Å². The third-order valence-corrected chi connectivity index (χ3v) is 3.58. The Hall–Kier alpha value is -1.19. The van der Waals surface area contributed by atoms with Crippen LogP contribution in [-0.2, 0) is 6.54 Å². The van der Waals surface area contributed by atoms with E-state index in [2.05, 4.69) is 24.4 Å². The molecular formula is C16H22ClNO2. The molecule has 0 radical (unpaired) electrons. The first-order valence-electron chi connectivity index (χ1n) is 7.15. The van der Waals surface area contributed by atoms with Crippen molar-refractivity contribution in [2.45, 2.75) is 38.8 Å². The Balaban J connectivity index is 2.26. The second kappa shape index (κ2) is 7.55. The molecule has 0 saturated heterocycles. The van der Waals surface area contributed by atoms with Gasteiger partial charge < -0.3 is 14.8 Å². The van der Waals surface area contributed by atoms with Crippen molar-refractivity contribution in [3.8, 4) is 11.5 Å². The van der Waals surface area contributed by atoms with Gasteiger partial charge >= 0.3 is 0 Å². The Morgan fingerprint density at radius 2 is 2.25 bits per heavy atom. The van der Waals surface area contributed by atoms with Gasteiger partial charge in [-0.2, -0.15) is 0 Å². The molecule has 20 heavy (non-hydrogen) atoms. The first-order valence-corrected chi connectivity index (χ1v) is 7.52. The van der Waals surface area contributed by atoms with E-state index in [1.54, 1.807) is 13.2 Å². The molecule has 3 nitrogen and oxygen atoms in total. The summed E-state index contributed by atoms with van der Waals surface area (Å²) in [7, 11) is 1.65. The van der Waals surface area contributed by atoms with E-state index in [0.29, 0.717) is 10.8 Å². The number of nitrogens with one attached hydrogen (secondary N) is 1. The molecule has 4 heteroatoms. The van der Waals surface area contributed by atoms with Crippen LogP contribution in [0.4, 0.5) is 0 Å². The molecule has 1 aromatic rings. The highest BCUT2D eigenvalue weighted by molar-refractivity contribution is 6.30. The van der Waals surface area contributed by atoms with Gasteiger partial charge in [0, 0.05) is 23.2 Å². The number of allylic oxidation sites excluding steroid dienone is 1. The van der Waals surface area contributed by atoms with Gasteiger partial charge in [-0.05, 0) is 37.9 Å². The molecule has 110 valence electrons. The van der Waals surface area contributed by atoms with Crippen LogP contribution in [0.25, 0.3) is 0 Å². The Morgan fingerprint density at radius 3 is 2.90 bits per heavy atom. The lowest BCUT2D eigenvalue weighted by molar-refractivity contribution is 0.217. The molecule has 0 amide bonds. The van der Waals surface area contributed by atoms with Crippen LogP contribution in [-0.4, -0.2) is 19.8 Å². The van der Waals surface area contributed by atoms with Gasteiger partial charge in [-0.15, -0.1) is 0 Å². The number of hydrogen-bond acceptors (Lipinski definition) is 3. The Kier molecular flexibility index (Phi) is 5.74. The maximum atomic E-state index is 6.15. The highest BCUT2D eigenvalue weighted by atomic mass is 35.5. The summed E-state index contributed by atoms with van der Waals surface area (Å²) in [4.78, 5) is 0. The first-order chi connectivity index (χ1) is 9.74. The fourth-order valence-corrected chi connectivity index (χ4v) is 2.56. The van der Waals surface area contributed by atoms with Gasteiger partial charge in [0.2, 0.25) is 0 Å². The van der Waals surface area contributed by atoms with Crippen molar-refractivity contribution in [3.63, 3.8) is 0 Å². The molecule has 0 spiro atoms. The highest BCUT2D eigenvalue weighted by Gasteiger charge is 2.17. The molecule has 0 bridgehead atoms. The average molecular weight is 296 g/mol. The second-order valence-electron chi connectivity index (χ2n) is 4.89. The predicted octanol–water partition coefficient (Wildman–Crippen LogP) is 3.95. The standard InChI is InChI=1S/C16H22ClNO2/c1-3-18-11-12-9-13(17)10-15(19-2)16(12)20-14-7-5-4-6-8-14/h5,7,9-10,14,18H,3-4,6,8,11H2,1-2H3. The summed E-state index contributed by atoms with van der Waals surface area (Å²) in [5.74, 6) is 1.50. The molecule has 0 aliphatic heterocycles. The molecule has 0 fully saturated rings. The molecule has 0 saturated carbocycles. The number of benzene rings is 1. The summed E-state index contributed by atoms with van der Waals surface area (Å²) < 4.78 is 11.6. The van der Waals surface area contributed by atoms with Crippen molar-refractivity contribution in [1.82, 2.24) is 5.32 Å². The quantitative estimate of drug-likeness (QED) is 0.806. The first kappa shape index (κ1) is 15.2. The Morgan fingerprint density at radius 1 is 1.40 bits per heavy atom. The number of hydrogen-bond donors (Lipinski definition) is 1. The molecule has 2 rings (SSSR count). The van der Waals surface area contributed by atoms with Gasteiger partial charge in [-0.3, -0.25) is 0 Å². The minimum absolute atomic E-state index is 0.124. The smallest absolute Gasteiger partial charge is 0.166 e. The van der Waals surface area contributed by atoms with Gasteiger partial charge in [0.15, 0.2) is 11.5 Å². The lowest BCUT2D eigenvalue weighted by atomic mass is 10.1. The number of ether oxygens (including phenoxy) is 2. The monoisotopic (exact) mass is 295 g/mol. The molecule has 0 heterocycles. The number of halogens is 1. The van der Waals surface area contributed by atoms with Crippen molar-refractivity contribution < 1.29 is 9.47 Å². The Labute approximate surface area is 125 Å². The fourth-order valence-electron chi connectivity index (χ4n) is 2.33. The van der Waals surface area contributed by atoms with E-state index >= 15 is 0 Å². The molecule has 1 aromatic carbocycles. The van der Waals surface area contributed by atoms with E-state index in [1.807, 2.05) is 6.07 Å². The van der Waals surface area contributed by atoms with Gasteiger partial charge in [0.05, 0.1) is 7.11 Å². The summed E-state index contributed by atoms with van der Waals surface area (Å²) in [5, 5.41) is 3.98. The number of methoxy groups -OCH3 is 1. The van der Waals surface area contributed by atoms with Gasteiger partial charge in [-0.25, -0.2) is 0 Å². The van der Waals surface area contributed by atoms with Crippen molar-refractivity contribution in [2.75, 3.05) is 13.7 Å². The Bertz CT molecular complexity index is 474. The molecule has 1 aliphatic carbocycles. The van der Waals surface area contributed by atoms with E-state index in [1.165, 1.54) is 6.42 Å². The van der Waals surface area contributed by atoms with E-state index in [4.69, 9.17) is 21.1 Å². The minimum Gasteiger partial charge on any atom is -0.493 e. The maximum Gasteiger partial charge on any atom is 0.166 e. The van der Waals surface area contributed by atoms with Crippen LogP contribution in [0.15, 0.2) is 24.3 Å².